The van der Waals surface area contributed by atoms with Crippen molar-refractivity contribution in [2.45, 2.75) is 37.9 Å². The van der Waals surface area contributed by atoms with E-state index in [1.807, 2.05) is 0 Å². The van der Waals surface area contributed by atoms with Crippen LogP contribution >= 0.6 is 11.3 Å². The summed E-state index contributed by atoms with van der Waals surface area (Å²) in [7, 11) is -3.51. The SMILES string of the molecule is CC(CO)S(=O)(=O)Nc1nc2c(s1)CCCC2. The number of nitrogens with one attached hydrogen (secondary N) is 1. The van der Waals surface area contributed by atoms with E-state index in [2.05, 4.69) is 9.71 Å². The maximum absolute atomic E-state index is 11.7. The molecule has 96 valence electrons. The van der Waals surface area contributed by atoms with E-state index in [0.717, 1.165) is 31.4 Å². The molecule has 17 heavy (non-hydrogen) atoms. The van der Waals surface area contributed by atoms with Gasteiger partial charge >= 0.3 is 0 Å². The maximum atomic E-state index is 11.7. The molecule has 0 aromatic carbocycles. The van der Waals surface area contributed by atoms with Gasteiger partial charge in [0, 0.05) is 4.88 Å². The van der Waals surface area contributed by atoms with E-state index in [0.29, 0.717) is 5.13 Å². The topological polar surface area (TPSA) is 79.3 Å². The molecule has 0 fully saturated rings. The number of rotatable bonds is 4. The van der Waals surface area contributed by atoms with Crippen LogP contribution in [-0.2, 0) is 22.9 Å². The Bertz CT molecular complexity index is 472. The average Bonchev–Trinajstić information content (AvgIpc) is 2.68. The van der Waals surface area contributed by atoms with E-state index < -0.39 is 15.3 Å². The first-order chi connectivity index (χ1) is 8.03. The van der Waals surface area contributed by atoms with E-state index in [-0.39, 0.29) is 6.61 Å². The van der Waals surface area contributed by atoms with E-state index >= 15 is 0 Å². The van der Waals surface area contributed by atoms with Crippen LogP contribution < -0.4 is 4.72 Å². The molecule has 0 aliphatic heterocycles. The van der Waals surface area contributed by atoms with Gasteiger partial charge in [-0.15, -0.1) is 11.3 Å². The largest absolute Gasteiger partial charge is 0.395 e. The lowest BCUT2D eigenvalue weighted by atomic mass is 10.0. The predicted octanol–water partition coefficient (Wildman–Crippen LogP) is 1.14. The summed E-state index contributed by atoms with van der Waals surface area (Å²) in [6.45, 7) is 1.08. The molecule has 0 saturated carbocycles. The van der Waals surface area contributed by atoms with Crippen molar-refractivity contribution in [2.24, 2.45) is 0 Å². The Kier molecular flexibility index (Phi) is 3.70. The molecule has 7 heteroatoms. The van der Waals surface area contributed by atoms with Gasteiger partial charge in [0.25, 0.3) is 0 Å². The summed E-state index contributed by atoms with van der Waals surface area (Å²) in [5.41, 5.74) is 1.02. The Hall–Kier alpha value is -0.660. The van der Waals surface area contributed by atoms with Crippen LogP contribution in [0.1, 0.15) is 30.3 Å². The van der Waals surface area contributed by atoms with Crippen molar-refractivity contribution in [3.63, 3.8) is 0 Å². The summed E-state index contributed by atoms with van der Waals surface area (Å²) in [5.74, 6) is 0. The number of aliphatic hydroxyl groups is 1. The Balaban J connectivity index is 2.16. The molecule has 2 rings (SSSR count). The first kappa shape index (κ1) is 12.8. The second-order valence-electron chi connectivity index (χ2n) is 4.24. The number of aliphatic hydroxyl groups excluding tert-OH is 1. The third-order valence-corrected chi connectivity index (χ3v) is 5.75. The zero-order valence-electron chi connectivity index (χ0n) is 9.64. The summed E-state index contributed by atoms with van der Waals surface area (Å²) in [6, 6.07) is 0. The lowest BCUT2D eigenvalue weighted by molar-refractivity contribution is 0.296. The van der Waals surface area contributed by atoms with Gasteiger partial charge in [0.2, 0.25) is 10.0 Å². The number of aryl methyl sites for hydroxylation is 2. The molecular formula is C10H16N2O3S2. The highest BCUT2D eigenvalue weighted by Crippen LogP contribution is 2.30. The van der Waals surface area contributed by atoms with Gasteiger partial charge in [0.05, 0.1) is 12.3 Å². The Labute approximate surface area is 105 Å². The standard InChI is InChI=1S/C10H16N2O3S2/c1-7(6-13)17(14,15)12-10-11-8-4-2-3-5-9(8)16-10/h7,13H,2-6H2,1H3,(H,11,12). The number of anilines is 1. The number of thiazole rings is 1. The van der Waals surface area contributed by atoms with E-state index in [4.69, 9.17) is 5.11 Å². The number of nitrogens with zero attached hydrogens (tertiary/aromatic N) is 1. The number of fused-ring (bicyclic) bond motifs is 1. The zero-order chi connectivity index (χ0) is 12.5. The molecule has 1 heterocycles. The third kappa shape index (κ3) is 2.78. The van der Waals surface area contributed by atoms with Crippen LogP contribution in [0.2, 0.25) is 0 Å². The molecule has 1 aromatic heterocycles. The molecule has 1 aromatic rings. The molecule has 0 spiro atoms. The minimum atomic E-state index is -3.51. The van der Waals surface area contributed by atoms with Gasteiger partial charge in [0.15, 0.2) is 5.13 Å². The van der Waals surface area contributed by atoms with Gasteiger partial charge in [-0.3, -0.25) is 4.72 Å². The Morgan fingerprint density at radius 2 is 2.18 bits per heavy atom. The summed E-state index contributed by atoms with van der Waals surface area (Å²) < 4.78 is 25.9. The summed E-state index contributed by atoms with van der Waals surface area (Å²) >= 11 is 1.41. The minimum absolute atomic E-state index is 0.388. The van der Waals surface area contributed by atoms with Crippen molar-refractivity contribution in [3.8, 4) is 0 Å². The lowest BCUT2D eigenvalue weighted by Crippen LogP contribution is -2.28. The number of hydrogen-bond donors (Lipinski definition) is 2. The van der Waals surface area contributed by atoms with Gasteiger partial charge in [-0.05, 0) is 32.6 Å². The lowest BCUT2D eigenvalue weighted by Gasteiger charge is -2.09. The zero-order valence-corrected chi connectivity index (χ0v) is 11.3. The van der Waals surface area contributed by atoms with Gasteiger partial charge in [0.1, 0.15) is 5.25 Å². The first-order valence-corrected chi connectivity index (χ1v) is 8.00. The maximum Gasteiger partial charge on any atom is 0.239 e. The smallest absolute Gasteiger partial charge is 0.239 e. The molecule has 0 saturated heterocycles. The van der Waals surface area contributed by atoms with E-state index in [1.54, 1.807) is 0 Å². The molecule has 1 aliphatic carbocycles. The quantitative estimate of drug-likeness (QED) is 0.864. The number of hydrogen-bond acceptors (Lipinski definition) is 5. The van der Waals surface area contributed by atoms with Crippen LogP contribution in [0, 0.1) is 0 Å². The first-order valence-electron chi connectivity index (χ1n) is 5.64. The average molecular weight is 276 g/mol. The molecule has 5 nitrogen and oxygen atoms in total. The van der Waals surface area contributed by atoms with Gasteiger partial charge < -0.3 is 5.11 Å². The molecular weight excluding hydrogens is 260 g/mol. The molecule has 1 unspecified atom stereocenters. The molecule has 1 atom stereocenters. The van der Waals surface area contributed by atoms with Crippen LogP contribution in [0.25, 0.3) is 0 Å². The molecule has 2 N–H and O–H groups in total. The van der Waals surface area contributed by atoms with Crippen molar-refractivity contribution in [3.05, 3.63) is 10.6 Å². The van der Waals surface area contributed by atoms with Gasteiger partial charge in [-0.2, -0.15) is 0 Å². The fourth-order valence-electron chi connectivity index (χ4n) is 1.72. The number of sulfonamides is 1. The Morgan fingerprint density at radius 3 is 2.82 bits per heavy atom. The predicted molar refractivity (Wildman–Crippen MR) is 67.8 cm³/mol. The molecule has 1 aliphatic rings. The van der Waals surface area contributed by atoms with Gasteiger partial charge in [-0.1, -0.05) is 0 Å². The highest BCUT2D eigenvalue weighted by molar-refractivity contribution is 7.93. The number of aromatic nitrogens is 1. The van der Waals surface area contributed by atoms with Crippen molar-refractivity contribution in [2.75, 3.05) is 11.3 Å². The van der Waals surface area contributed by atoms with Crippen LogP contribution in [-0.4, -0.2) is 30.4 Å². The van der Waals surface area contributed by atoms with Crippen LogP contribution in [0.4, 0.5) is 5.13 Å². The van der Waals surface area contributed by atoms with Gasteiger partial charge in [-0.25, -0.2) is 13.4 Å². The van der Waals surface area contributed by atoms with Crippen LogP contribution in [0.15, 0.2) is 0 Å². The fourth-order valence-corrected chi connectivity index (χ4v) is 3.82. The van der Waals surface area contributed by atoms with E-state index in [1.165, 1.54) is 23.1 Å². The minimum Gasteiger partial charge on any atom is -0.395 e. The molecule has 0 bridgehead atoms. The monoisotopic (exact) mass is 276 g/mol. The van der Waals surface area contributed by atoms with Crippen molar-refractivity contribution in [1.82, 2.24) is 4.98 Å². The molecule has 0 radical (unpaired) electrons. The summed E-state index contributed by atoms with van der Waals surface area (Å²) in [4.78, 5) is 5.49. The van der Waals surface area contributed by atoms with Crippen molar-refractivity contribution in [1.29, 1.82) is 0 Å². The fraction of sp³-hybridized carbons (Fsp3) is 0.700. The second-order valence-corrected chi connectivity index (χ2v) is 7.42. The molecule has 0 amide bonds. The third-order valence-electron chi connectivity index (χ3n) is 2.86. The summed E-state index contributed by atoms with van der Waals surface area (Å²) in [5, 5.41) is 8.49. The highest BCUT2D eigenvalue weighted by Gasteiger charge is 2.23. The summed E-state index contributed by atoms with van der Waals surface area (Å²) in [6.07, 6.45) is 4.19. The Morgan fingerprint density at radius 1 is 1.47 bits per heavy atom. The highest BCUT2D eigenvalue weighted by atomic mass is 32.2. The van der Waals surface area contributed by atoms with Crippen molar-refractivity contribution >= 4 is 26.5 Å². The van der Waals surface area contributed by atoms with Crippen molar-refractivity contribution < 1.29 is 13.5 Å². The second kappa shape index (κ2) is 4.91. The van der Waals surface area contributed by atoms with E-state index in [9.17, 15) is 8.42 Å². The van der Waals surface area contributed by atoms with Crippen LogP contribution in [0.3, 0.4) is 0 Å². The normalized spacial score (nSPS) is 17.5. The van der Waals surface area contributed by atoms with Crippen LogP contribution in [0.5, 0.6) is 0 Å².